The van der Waals surface area contributed by atoms with Crippen LogP contribution in [0.5, 0.6) is 0 Å². The van der Waals surface area contributed by atoms with E-state index in [1.165, 1.54) is 0 Å². The van der Waals surface area contributed by atoms with Gasteiger partial charge >= 0.3 is 97.8 Å². The van der Waals surface area contributed by atoms with Crippen LogP contribution in [-0.2, 0) is 0 Å². The predicted molar refractivity (Wildman–Crippen MR) is 31.0 cm³/mol. The van der Waals surface area contributed by atoms with Crippen molar-refractivity contribution in [1.29, 1.82) is 0 Å². The van der Waals surface area contributed by atoms with Gasteiger partial charge in [0.2, 0.25) is 0 Å². The molecule has 0 aromatic carbocycles. The van der Waals surface area contributed by atoms with E-state index in [1.807, 2.05) is 0 Å². The standard InChI is InChI=1S/2Ba.NO3.HNO2/c;;2-1(3)4;2-1-3/h;;;(H,2,3)/q2*+2;-1;/p-1. The van der Waals surface area contributed by atoms with Crippen molar-refractivity contribution in [2.45, 2.75) is 0 Å². The third-order valence-corrected chi connectivity index (χ3v) is 0. The minimum absolute atomic E-state index is 0. The van der Waals surface area contributed by atoms with Crippen molar-refractivity contribution in [3.05, 3.63) is 25.4 Å². The van der Waals surface area contributed by atoms with Gasteiger partial charge in [0.1, 0.15) is 0 Å². The molecule has 9 heavy (non-hydrogen) atoms. The quantitative estimate of drug-likeness (QED) is 0.236. The molecule has 9 heteroatoms. The van der Waals surface area contributed by atoms with Gasteiger partial charge in [-0.3, -0.25) is 0 Å². The van der Waals surface area contributed by atoms with Crippen molar-refractivity contribution in [3.8, 4) is 0 Å². The number of nitrogens with zero attached hydrogens (tertiary/aromatic N) is 2. The first-order valence-corrected chi connectivity index (χ1v) is 0.913. The fourth-order valence-corrected chi connectivity index (χ4v) is 0. The van der Waals surface area contributed by atoms with E-state index < -0.39 is 5.09 Å². The molecule has 7 nitrogen and oxygen atoms in total. The van der Waals surface area contributed by atoms with Gasteiger partial charge < -0.3 is 25.4 Å². The van der Waals surface area contributed by atoms with Crippen LogP contribution in [0.1, 0.15) is 0 Å². The van der Waals surface area contributed by atoms with Crippen LogP contribution in [0.3, 0.4) is 0 Å². The van der Waals surface area contributed by atoms with Crippen LogP contribution in [0.2, 0.25) is 0 Å². The Morgan fingerprint density at radius 1 is 1.22 bits per heavy atom. The van der Waals surface area contributed by atoms with Gasteiger partial charge in [0.15, 0.2) is 0 Å². The van der Waals surface area contributed by atoms with E-state index in [-0.39, 0.29) is 97.8 Å². The normalized spacial score (nSPS) is 4.00. The van der Waals surface area contributed by atoms with E-state index in [0.29, 0.717) is 0 Å². The Balaban J connectivity index is -0.0000000233. The largest absolute Gasteiger partial charge is 2.00 e. The number of hydrogen-bond donors (Lipinski definition) is 0. The molecule has 0 saturated carbocycles. The molecule has 0 aliphatic heterocycles. The Hall–Kier alpha value is 1.74. The van der Waals surface area contributed by atoms with Gasteiger partial charge in [0.05, 0.1) is 5.09 Å². The molecule has 0 fully saturated rings. The van der Waals surface area contributed by atoms with Crippen molar-refractivity contribution in [3.63, 3.8) is 0 Å². The van der Waals surface area contributed by atoms with Crippen LogP contribution < -0.4 is 0 Å². The first-order valence-electron chi connectivity index (χ1n) is 0.913. The summed E-state index contributed by atoms with van der Waals surface area (Å²) in [6.45, 7) is 0. The summed E-state index contributed by atoms with van der Waals surface area (Å²) in [6.07, 6.45) is 0. The molecule has 0 aromatic heterocycles. The molecule has 0 heterocycles. The molecule has 0 radical (unpaired) electrons. The van der Waals surface area contributed by atoms with Gasteiger partial charge in [-0.1, -0.05) is 0 Å². The molecule has 0 atom stereocenters. The maximum atomic E-state index is 8.25. The Morgan fingerprint density at radius 3 is 1.22 bits per heavy atom. The van der Waals surface area contributed by atoms with Gasteiger partial charge in [0, 0.05) is 0 Å². The van der Waals surface area contributed by atoms with Crippen LogP contribution in [0.4, 0.5) is 0 Å². The number of hydrogen-bond acceptors (Lipinski definition) is 6. The van der Waals surface area contributed by atoms with Crippen LogP contribution in [0.25, 0.3) is 0 Å². The Labute approximate surface area is 130 Å². The molecule has 0 saturated heterocycles. The van der Waals surface area contributed by atoms with E-state index in [9.17, 15) is 0 Å². The van der Waals surface area contributed by atoms with Crippen LogP contribution in [0.15, 0.2) is 5.34 Å². The zero-order chi connectivity index (χ0) is 6.28. The molecule has 0 bridgehead atoms. The van der Waals surface area contributed by atoms with E-state index >= 15 is 0 Å². The van der Waals surface area contributed by atoms with Crippen LogP contribution in [0, 0.1) is 25.4 Å². The number of rotatable bonds is 0. The van der Waals surface area contributed by atoms with Gasteiger partial charge in [-0.25, -0.2) is 0 Å². The molecule has 0 amide bonds. The maximum Gasteiger partial charge on any atom is 2.00 e. The van der Waals surface area contributed by atoms with Crippen molar-refractivity contribution < 1.29 is 5.09 Å². The fraction of sp³-hybridized carbons (Fsp3) is 0. The maximum absolute atomic E-state index is 8.25. The second-order valence-electron chi connectivity index (χ2n) is 0.298. The second-order valence-corrected chi connectivity index (χ2v) is 0.298. The van der Waals surface area contributed by atoms with Crippen molar-refractivity contribution in [2.24, 2.45) is 5.34 Å². The minimum atomic E-state index is -1.75. The first kappa shape index (κ1) is 22.4. The SMILES string of the molecule is O=N[O-].O=[N+]([O-])[O-].[Ba+2].[Ba+2]. The molecule has 0 spiro atoms. The van der Waals surface area contributed by atoms with E-state index in [2.05, 4.69) is 0 Å². The summed E-state index contributed by atoms with van der Waals surface area (Å²) in [5.41, 5.74) is 0. The summed E-state index contributed by atoms with van der Waals surface area (Å²) in [4.78, 5) is 16.2. The Bertz CT molecular complexity index is 60.0. The second kappa shape index (κ2) is 22.6. The zero-order valence-corrected chi connectivity index (χ0v) is 13.2. The van der Waals surface area contributed by atoms with Crippen LogP contribution in [-0.4, -0.2) is 103 Å². The summed E-state index contributed by atoms with van der Waals surface area (Å²) in [5, 5.41) is 23.8. The summed E-state index contributed by atoms with van der Waals surface area (Å²) in [6, 6.07) is 0. The summed E-state index contributed by atoms with van der Waals surface area (Å²) in [7, 11) is 0. The third kappa shape index (κ3) is 192. The molecular formula is Ba2N2O5+2. The average molecular weight is 383 g/mol. The smallest absolute Gasteiger partial charge is 0.444 e. The van der Waals surface area contributed by atoms with E-state index in [1.54, 1.807) is 0 Å². The topological polar surface area (TPSA) is 119 Å². The van der Waals surface area contributed by atoms with Crippen molar-refractivity contribution >= 4 is 97.8 Å². The predicted octanol–water partition coefficient (Wildman–Crippen LogP) is -0.750. The molecule has 0 aliphatic rings. The molecule has 0 unspecified atom stereocenters. The van der Waals surface area contributed by atoms with Gasteiger partial charge in [-0.15, -0.1) is 5.34 Å². The molecule has 42 valence electrons. The Kier molecular flexibility index (Phi) is 56.3. The molecule has 0 rings (SSSR count). The first-order chi connectivity index (χ1) is 3.15. The molecule has 0 aromatic rings. The molecule has 0 aliphatic carbocycles. The van der Waals surface area contributed by atoms with Crippen LogP contribution >= 0.6 is 0 Å². The average Bonchev–Trinajstić information content (AvgIpc) is 1.33. The summed E-state index contributed by atoms with van der Waals surface area (Å²) in [5.74, 6) is 0. The van der Waals surface area contributed by atoms with Gasteiger partial charge in [0.25, 0.3) is 0 Å². The summed E-state index contributed by atoms with van der Waals surface area (Å²) >= 11 is 0. The van der Waals surface area contributed by atoms with Gasteiger partial charge in [-0.2, -0.15) is 0 Å². The Morgan fingerprint density at radius 2 is 1.22 bits per heavy atom. The summed E-state index contributed by atoms with van der Waals surface area (Å²) < 4.78 is 0. The van der Waals surface area contributed by atoms with E-state index in [4.69, 9.17) is 25.4 Å². The minimum Gasteiger partial charge on any atom is -0.444 e. The van der Waals surface area contributed by atoms with Crippen molar-refractivity contribution in [1.82, 2.24) is 0 Å². The van der Waals surface area contributed by atoms with E-state index in [0.717, 1.165) is 5.34 Å². The van der Waals surface area contributed by atoms with Crippen molar-refractivity contribution in [2.75, 3.05) is 0 Å². The fourth-order valence-electron chi connectivity index (χ4n) is 0. The third-order valence-electron chi connectivity index (χ3n) is 0. The molecular weight excluding hydrogens is 383 g/mol. The molecule has 0 N–H and O–H groups in total. The monoisotopic (exact) mass is 384 g/mol. The van der Waals surface area contributed by atoms with Gasteiger partial charge in [-0.05, 0) is 0 Å². The zero-order valence-electron chi connectivity index (χ0n) is 4.35.